The number of amides is 1. The summed E-state index contributed by atoms with van der Waals surface area (Å²) in [4.78, 5) is 26.9. The Morgan fingerprint density at radius 2 is 1.91 bits per heavy atom. The molecule has 0 bridgehead atoms. The lowest BCUT2D eigenvalue weighted by atomic mass is 10.3. The Hall–Kier alpha value is -2.68. The van der Waals surface area contributed by atoms with Crippen LogP contribution in [0.25, 0.3) is 0 Å². The Morgan fingerprint density at radius 3 is 2.57 bits per heavy atom. The third kappa shape index (κ3) is 4.65. The normalized spacial score (nSPS) is 10.0. The number of nitrogens with one attached hydrogen (secondary N) is 1. The predicted molar refractivity (Wildman–Crippen MR) is 83.0 cm³/mol. The predicted octanol–water partition coefficient (Wildman–Crippen LogP) is 1.74. The maximum atomic E-state index is 11.8. The monoisotopic (exact) mass is 337 g/mol. The van der Waals surface area contributed by atoms with Gasteiger partial charge in [0, 0.05) is 11.5 Å². The SMILES string of the molecule is CCOc1ccccc1OCC(=O)Nc1nc(C(=O)OC)ns1. The Balaban J connectivity index is 1.90. The molecule has 0 radical (unpaired) electrons. The molecule has 2 rings (SSSR count). The molecule has 1 aromatic carbocycles. The molecule has 0 fully saturated rings. The summed E-state index contributed by atoms with van der Waals surface area (Å²) in [6, 6.07) is 7.05. The summed E-state index contributed by atoms with van der Waals surface area (Å²) in [6.45, 7) is 2.13. The van der Waals surface area contributed by atoms with Crippen molar-refractivity contribution in [3.05, 3.63) is 30.1 Å². The van der Waals surface area contributed by atoms with Crippen LogP contribution >= 0.6 is 11.5 Å². The van der Waals surface area contributed by atoms with Crippen LogP contribution in [0.5, 0.6) is 11.5 Å². The van der Waals surface area contributed by atoms with E-state index in [0.717, 1.165) is 11.5 Å². The van der Waals surface area contributed by atoms with Gasteiger partial charge in [-0.2, -0.15) is 9.36 Å². The number of rotatable bonds is 7. The van der Waals surface area contributed by atoms with Crippen molar-refractivity contribution in [3.63, 3.8) is 0 Å². The summed E-state index contributed by atoms with van der Waals surface area (Å²) in [5, 5.41) is 2.69. The Labute approximate surface area is 136 Å². The minimum atomic E-state index is -0.663. The van der Waals surface area contributed by atoms with E-state index in [-0.39, 0.29) is 17.6 Å². The number of para-hydroxylation sites is 2. The van der Waals surface area contributed by atoms with Crippen molar-refractivity contribution in [3.8, 4) is 11.5 Å². The Morgan fingerprint density at radius 1 is 1.22 bits per heavy atom. The first kappa shape index (κ1) is 16.7. The van der Waals surface area contributed by atoms with Crippen molar-refractivity contribution in [2.45, 2.75) is 6.92 Å². The molecule has 1 heterocycles. The van der Waals surface area contributed by atoms with Crippen LogP contribution < -0.4 is 14.8 Å². The van der Waals surface area contributed by atoms with E-state index < -0.39 is 11.9 Å². The van der Waals surface area contributed by atoms with E-state index in [0.29, 0.717) is 18.1 Å². The van der Waals surface area contributed by atoms with Crippen LogP contribution in [0.15, 0.2) is 24.3 Å². The molecule has 2 aromatic rings. The first-order valence-electron chi connectivity index (χ1n) is 6.70. The third-order valence-corrected chi connectivity index (χ3v) is 3.18. The molecule has 0 spiro atoms. The number of aromatic nitrogens is 2. The third-order valence-electron chi connectivity index (χ3n) is 2.55. The van der Waals surface area contributed by atoms with Crippen LogP contribution in [0, 0.1) is 0 Å². The largest absolute Gasteiger partial charge is 0.490 e. The summed E-state index contributed by atoms with van der Waals surface area (Å²) < 4.78 is 19.1. The van der Waals surface area contributed by atoms with Gasteiger partial charge in [-0.15, -0.1) is 0 Å². The van der Waals surface area contributed by atoms with Crippen molar-refractivity contribution in [2.75, 3.05) is 25.6 Å². The zero-order valence-corrected chi connectivity index (χ0v) is 13.4. The van der Waals surface area contributed by atoms with Gasteiger partial charge in [0.15, 0.2) is 18.1 Å². The molecule has 1 aromatic heterocycles. The van der Waals surface area contributed by atoms with Crippen LogP contribution in [-0.4, -0.2) is 41.6 Å². The molecule has 9 heteroatoms. The van der Waals surface area contributed by atoms with Gasteiger partial charge in [-0.3, -0.25) is 10.1 Å². The van der Waals surface area contributed by atoms with Gasteiger partial charge in [0.05, 0.1) is 13.7 Å². The number of ether oxygens (including phenoxy) is 3. The molecule has 0 saturated carbocycles. The molecule has 1 N–H and O–H groups in total. The topological polar surface area (TPSA) is 99.6 Å². The number of hydrogen-bond donors (Lipinski definition) is 1. The molecule has 0 atom stereocenters. The number of nitrogens with zero attached hydrogens (tertiary/aromatic N) is 2. The molecule has 122 valence electrons. The van der Waals surface area contributed by atoms with Crippen LogP contribution in [0.4, 0.5) is 5.13 Å². The Bertz CT molecular complexity index is 689. The van der Waals surface area contributed by atoms with Crippen LogP contribution in [0.3, 0.4) is 0 Å². The van der Waals surface area contributed by atoms with Crippen molar-refractivity contribution < 1.29 is 23.8 Å². The first-order valence-corrected chi connectivity index (χ1v) is 7.48. The highest BCUT2D eigenvalue weighted by Gasteiger charge is 2.15. The molecular formula is C14H15N3O5S. The van der Waals surface area contributed by atoms with Crippen LogP contribution in [0.1, 0.15) is 17.5 Å². The molecular weight excluding hydrogens is 322 g/mol. The highest BCUT2D eigenvalue weighted by molar-refractivity contribution is 7.10. The van der Waals surface area contributed by atoms with Crippen molar-refractivity contribution >= 4 is 28.5 Å². The van der Waals surface area contributed by atoms with E-state index in [1.165, 1.54) is 7.11 Å². The van der Waals surface area contributed by atoms with E-state index >= 15 is 0 Å². The second-order valence-corrected chi connectivity index (χ2v) is 4.88. The summed E-state index contributed by atoms with van der Waals surface area (Å²) in [5.74, 6) is -0.161. The molecule has 1 amide bonds. The van der Waals surface area contributed by atoms with Gasteiger partial charge in [-0.1, -0.05) is 12.1 Å². The summed E-state index contributed by atoms with van der Waals surface area (Å²) in [7, 11) is 1.23. The van der Waals surface area contributed by atoms with Gasteiger partial charge in [0.25, 0.3) is 11.7 Å². The zero-order chi connectivity index (χ0) is 16.7. The lowest BCUT2D eigenvalue weighted by Crippen LogP contribution is -2.20. The molecule has 0 unspecified atom stereocenters. The molecule has 0 saturated heterocycles. The second kappa shape index (κ2) is 8.08. The van der Waals surface area contributed by atoms with E-state index in [1.807, 2.05) is 13.0 Å². The van der Waals surface area contributed by atoms with E-state index in [2.05, 4.69) is 19.4 Å². The van der Waals surface area contributed by atoms with Crippen LogP contribution in [-0.2, 0) is 9.53 Å². The van der Waals surface area contributed by atoms with Crippen molar-refractivity contribution in [1.82, 2.24) is 9.36 Å². The highest BCUT2D eigenvalue weighted by Crippen LogP contribution is 2.26. The quantitative estimate of drug-likeness (QED) is 0.768. The average molecular weight is 337 g/mol. The van der Waals surface area contributed by atoms with Gasteiger partial charge < -0.3 is 14.2 Å². The lowest BCUT2D eigenvalue weighted by molar-refractivity contribution is -0.118. The molecule has 0 aliphatic rings. The standard InChI is InChI=1S/C14H15N3O5S/c1-3-21-9-6-4-5-7-10(9)22-8-11(18)15-14-16-12(17-23-14)13(19)20-2/h4-7H,3,8H2,1-2H3,(H,15,16,17,18). The smallest absolute Gasteiger partial charge is 0.377 e. The number of anilines is 1. The van der Waals surface area contributed by atoms with Crippen molar-refractivity contribution in [2.24, 2.45) is 0 Å². The highest BCUT2D eigenvalue weighted by atomic mass is 32.1. The minimum Gasteiger partial charge on any atom is -0.490 e. The first-order chi connectivity index (χ1) is 11.1. The van der Waals surface area contributed by atoms with Gasteiger partial charge >= 0.3 is 5.97 Å². The second-order valence-electron chi connectivity index (χ2n) is 4.13. The van der Waals surface area contributed by atoms with Gasteiger partial charge in [-0.05, 0) is 19.1 Å². The van der Waals surface area contributed by atoms with Gasteiger partial charge in [0.2, 0.25) is 5.13 Å². The molecule has 23 heavy (non-hydrogen) atoms. The number of esters is 1. The zero-order valence-electron chi connectivity index (χ0n) is 12.6. The molecule has 0 aliphatic heterocycles. The fourth-order valence-electron chi connectivity index (χ4n) is 1.59. The minimum absolute atomic E-state index is 0.101. The molecule has 8 nitrogen and oxygen atoms in total. The number of benzene rings is 1. The average Bonchev–Trinajstić information content (AvgIpc) is 3.02. The summed E-state index contributed by atoms with van der Waals surface area (Å²) >= 11 is 0.880. The van der Waals surface area contributed by atoms with E-state index in [9.17, 15) is 9.59 Å². The number of carbonyl (C=O) groups excluding carboxylic acids is 2. The Kier molecular flexibility index (Phi) is 5.87. The van der Waals surface area contributed by atoms with Gasteiger partial charge in [-0.25, -0.2) is 4.79 Å². The van der Waals surface area contributed by atoms with E-state index in [1.54, 1.807) is 18.2 Å². The van der Waals surface area contributed by atoms with E-state index in [4.69, 9.17) is 9.47 Å². The van der Waals surface area contributed by atoms with Gasteiger partial charge in [0.1, 0.15) is 0 Å². The number of carbonyl (C=O) groups is 2. The lowest BCUT2D eigenvalue weighted by Gasteiger charge is -2.10. The number of methoxy groups -OCH3 is 1. The number of hydrogen-bond acceptors (Lipinski definition) is 8. The summed E-state index contributed by atoms with van der Waals surface area (Å²) in [5.41, 5.74) is 0. The fourth-order valence-corrected chi connectivity index (χ4v) is 2.17. The summed E-state index contributed by atoms with van der Waals surface area (Å²) in [6.07, 6.45) is 0. The fraction of sp³-hybridized carbons (Fsp3) is 0.286. The maximum absolute atomic E-state index is 11.8. The van der Waals surface area contributed by atoms with Crippen molar-refractivity contribution in [1.29, 1.82) is 0 Å². The molecule has 0 aliphatic carbocycles. The maximum Gasteiger partial charge on any atom is 0.377 e. The van der Waals surface area contributed by atoms with Crippen LogP contribution in [0.2, 0.25) is 0 Å².